The Hall–Kier alpha value is -1.86. The molecule has 1 nitrogen and oxygen atoms in total. The highest BCUT2D eigenvalue weighted by Crippen LogP contribution is 2.19. The number of hydrogen-bond acceptors (Lipinski definition) is 1. The lowest BCUT2D eigenvalue weighted by Crippen LogP contribution is -2.08. The van der Waals surface area contributed by atoms with Crippen LogP contribution in [-0.2, 0) is 6.42 Å². The molecule has 0 amide bonds. The molecule has 0 saturated heterocycles. The minimum absolute atomic E-state index is 0.326. The highest BCUT2D eigenvalue weighted by Gasteiger charge is 2.08. The molecule has 1 heteroatoms. The van der Waals surface area contributed by atoms with E-state index in [9.17, 15) is 5.11 Å². The highest BCUT2D eigenvalue weighted by atomic mass is 16.3. The average molecular weight is 252 g/mol. The molecule has 2 rings (SSSR count). The third-order valence-corrected chi connectivity index (χ3v) is 3.27. The smallest absolute Gasteiger partial charge is 0.0583 e. The van der Waals surface area contributed by atoms with E-state index >= 15 is 0 Å². The van der Waals surface area contributed by atoms with Crippen LogP contribution in [0.1, 0.15) is 24.0 Å². The van der Waals surface area contributed by atoms with Crippen LogP contribution in [0.15, 0.2) is 67.2 Å². The molecule has 0 aromatic heterocycles. The molecular formula is C18H20O. The molecule has 0 radical (unpaired) electrons. The van der Waals surface area contributed by atoms with Gasteiger partial charge < -0.3 is 5.11 Å². The van der Waals surface area contributed by atoms with Crippen molar-refractivity contribution in [2.45, 2.75) is 25.4 Å². The Morgan fingerprint density at radius 3 is 2.16 bits per heavy atom. The Morgan fingerprint density at radius 2 is 1.53 bits per heavy atom. The highest BCUT2D eigenvalue weighted by molar-refractivity contribution is 5.63. The second kappa shape index (κ2) is 6.91. The van der Waals surface area contributed by atoms with Crippen LogP contribution in [0.25, 0.3) is 5.57 Å². The van der Waals surface area contributed by atoms with Crippen LogP contribution in [0.5, 0.6) is 0 Å². The number of rotatable bonds is 6. The molecule has 19 heavy (non-hydrogen) atoms. The van der Waals surface area contributed by atoms with Gasteiger partial charge in [0.25, 0.3) is 0 Å². The van der Waals surface area contributed by atoms with Gasteiger partial charge in [-0.15, -0.1) is 0 Å². The zero-order valence-electron chi connectivity index (χ0n) is 11.1. The van der Waals surface area contributed by atoms with Crippen LogP contribution in [0.4, 0.5) is 0 Å². The first-order chi connectivity index (χ1) is 9.25. The van der Waals surface area contributed by atoms with E-state index in [1.807, 2.05) is 48.5 Å². The van der Waals surface area contributed by atoms with Crippen molar-refractivity contribution in [2.24, 2.45) is 0 Å². The predicted molar refractivity (Wildman–Crippen MR) is 80.9 cm³/mol. The Bertz CT molecular complexity index is 502. The lowest BCUT2D eigenvalue weighted by Gasteiger charge is -2.12. The summed E-state index contributed by atoms with van der Waals surface area (Å²) in [5, 5.41) is 10.1. The van der Waals surface area contributed by atoms with Gasteiger partial charge in [-0.25, -0.2) is 0 Å². The van der Waals surface area contributed by atoms with E-state index in [2.05, 4.69) is 18.7 Å². The van der Waals surface area contributed by atoms with Crippen LogP contribution in [0.3, 0.4) is 0 Å². The lowest BCUT2D eigenvalue weighted by atomic mass is 9.98. The summed E-state index contributed by atoms with van der Waals surface area (Å²) in [5.41, 5.74) is 3.38. The lowest BCUT2D eigenvalue weighted by molar-refractivity contribution is 0.170. The SMILES string of the molecule is C=C(CC(O)CCc1ccccc1)c1ccccc1. The number of aryl methyl sites for hydroxylation is 1. The van der Waals surface area contributed by atoms with Crippen LogP contribution < -0.4 is 0 Å². The van der Waals surface area contributed by atoms with Crippen molar-refractivity contribution < 1.29 is 5.11 Å². The van der Waals surface area contributed by atoms with E-state index in [0.717, 1.165) is 24.0 Å². The Kier molecular flexibility index (Phi) is 4.93. The minimum Gasteiger partial charge on any atom is -0.393 e. The van der Waals surface area contributed by atoms with Crippen molar-refractivity contribution >= 4 is 5.57 Å². The molecule has 1 atom stereocenters. The maximum Gasteiger partial charge on any atom is 0.0583 e. The summed E-state index contributed by atoms with van der Waals surface area (Å²) in [5.74, 6) is 0. The van der Waals surface area contributed by atoms with Crippen LogP contribution in [-0.4, -0.2) is 11.2 Å². The van der Waals surface area contributed by atoms with E-state index in [1.54, 1.807) is 0 Å². The summed E-state index contributed by atoms with van der Waals surface area (Å²) < 4.78 is 0. The maximum absolute atomic E-state index is 10.1. The third kappa shape index (κ3) is 4.38. The Morgan fingerprint density at radius 1 is 0.947 bits per heavy atom. The molecule has 0 heterocycles. The number of aliphatic hydroxyl groups is 1. The molecule has 98 valence electrons. The molecule has 0 aliphatic heterocycles. The maximum atomic E-state index is 10.1. The largest absolute Gasteiger partial charge is 0.393 e. The zero-order chi connectivity index (χ0) is 13.5. The van der Waals surface area contributed by atoms with E-state index in [4.69, 9.17) is 0 Å². The Balaban J connectivity index is 1.81. The van der Waals surface area contributed by atoms with Crippen LogP contribution in [0, 0.1) is 0 Å². The summed E-state index contributed by atoms with van der Waals surface area (Å²) in [7, 11) is 0. The summed E-state index contributed by atoms with van der Waals surface area (Å²) in [6, 6.07) is 20.3. The van der Waals surface area contributed by atoms with Gasteiger partial charge in [0, 0.05) is 0 Å². The van der Waals surface area contributed by atoms with Crippen LogP contribution >= 0.6 is 0 Å². The predicted octanol–water partition coefficient (Wildman–Crippen LogP) is 4.08. The molecule has 0 saturated carbocycles. The second-order valence-electron chi connectivity index (χ2n) is 4.85. The summed E-state index contributed by atoms with van der Waals surface area (Å²) >= 11 is 0. The van der Waals surface area contributed by atoms with Crippen molar-refractivity contribution in [1.29, 1.82) is 0 Å². The van der Waals surface area contributed by atoms with Gasteiger partial charge in [-0.3, -0.25) is 0 Å². The first-order valence-corrected chi connectivity index (χ1v) is 6.71. The number of hydrogen-bond donors (Lipinski definition) is 1. The molecule has 1 unspecified atom stereocenters. The van der Waals surface area contributed by atoms with Gasteiger partial charge in [-0.1, -0.05) is 67.2 Å². The van der Waals surface area contributed by atoms with E-state index in [0.29, 0.717) is 6.42 Å². The van der Waals surface area contributed by atoms with E-state index in [1.165, 1.54) is 5.56 Å². The fraction of sp³-hybridized carbons (Fsp3) is 0.222. The van der Waals surface area contributed by atoms with Gasteiger partial charge in [0.2, 0.25) is 0 Å². The van der Waals surface area contributed by atoms with Crippen LogP contribution in [0.2, 0.25) is 0 Å². The summed E-state index contributed by atoms with van der Waals surface area (Å²) in [6.07, 6.45) is 1.99. The minimum atomic E-state index is -0.326. The number of benzene rings is 2. The van der Waals surface area contributed by atoms with Crippen molar-refractivity contribution in [3.8, 4) is 0 Å². The third-order valence-electron chi connectivity index (χ3n) is 3.27. The van der Waals surface area contributed by atoms with Gasteiger partial charge in [0.15, 0.2) is 0 Å². The fourth-order valence-electron chi connectivity index (χ4n) is 2.16. The molecule has 0 bridgehead atoms. The Labute approximate surface area is 115 Å². The first kappa shape index (κ1) is 13.6. The standard InChI is InChI=1S/C18H20O/c1-15(17-10-6-3-7-11-17)14-18(19)13-12-16-8-4-2-5-9-16/h2-11,18-19H,1,12-14H2. The summed E-state index contributed by atoms with van der Waals surface area (Å²) in [6.45, 7) is 4.06. The van der Waals surface area contributed by atoms with Crippen molar-refractivity contribution in [2.75, 3.05) is 0 Å². The average Bonchev–Trinajstić information content (AvgIpc) is 2.47. The zero-order valence-corrected chi connectivity index (χ0v) is 11.1. The molecule has 0 spiro atoms. The summed E-state index contributed by atoms with van der Waals surface area (Å²) in [4.78, 5) is 0. The quantitative estimate of drug-likeness (QED) is 0.821. The molecule has 0 fully saturated rings. The topological polar surface area (TPSA) is 20.2 Å². The molecule has 1 N–H and O–H groups in total. The second-order valence-corrected chi connectivity index (χ2v) is 4.85. The van der Waals surface area contributed by atoms with Crippen molar-refractivity contribution in [1.82, 2.24) is 0 Å². The molecule has 2 aromatic rings. The molecule has 2 aromatic carbocycles. The van der Waals surface area contributed by atoms with E-state index < -0.39 is 0 Å². The van der Waals surface area contributed by atoms with Gasteiger partial charge >= 0.3 is 0 Å². The normalized spacial score (nSPS) is 12.1. The first-order valence-electron chi connectivity index (χ1n) is 6.71. The van der Waals surface area contributed by atoms with Gasteiger partial charge in [0.1, 0.15) is 0 Å². The van der Waals surface area contributed by atoms with Crippen molar-refractivity contribution in [3.63, 3.8) is 0 Å². The van der Waals surface area contributed by atoms with Gasteiger partial charge in [-0.2, -0.15) is 0 Å². The monoisotopic (exact) mass is 252 g/mol. The molecule has 0 aliphatic carbocycles. The van der Waals surface area contributed by atoms with Gasteiger partial charge in [-0.05, 0) is 36.0 Å². The fourth-order valence-corrected chi connectivity index (χ4v) is 2.16. The van der Waals surface area contributed by atoms with E-state index in [-0.39, 0.29) is 6.10 Å². The number of aliphatic hydroxyl groups excluding tert-OH is 1. The van der Waals surface area contributed by atoms with Crippen molar-refractivity contribution in [3.05, 3.63) is 78.4 Å². The molecule has 0 aliphatic rings. The van der Waals surface area contributed by atoms with Gasteiger partial charge in [0.05, 0.1) is 6.10 Å². The molecular weight excluding hydrogens is 232 g/mol.